The highest BCUT2D eigenvalue weighted by Gasteiger charge is 2.24. The average molecular weight is 316 g/mol. The van der Waals surface area contributed by atoms with Gasteiger partial charge >= 0.3 is 5.97 Å². The number of aliphatic carboxylic acids is 1. The van der Waals surface area contributed by atoms with Gasteiger partial charge in [-0.1, -0.05) is 32.4 Å². The Kier molecular flexibility index (Phi) is 5.50. The third-order valence-electron chi connectivity index (χ3n) is 3.88. The van der Waals surface area contributed by atoms with Crippen LogP contribution in [0.4, 0.5) is 5.82 Å². The number of carboxylic acids is 1. The standard InChI is InChI=1S/C17H24N4O2/c1-5-11(2)15(17(22)23)20-16-12-8-6-7-9-13(12)18-14(19-16)10-21(3)4/h6-9,11,15H,5,10H2,1-4H3,(H,22,23)(H,18,19,20). The molecule has 2 aromatic rings. The van der Waals surface area contributed by atoms with E-state index in [9.17, 15) is 9.90 Å². The largest absolute Gasteiger partial charge is 0.480 e. The number of hydrogen-bond donors (Lipinski definition) is 2. The van der Waals surface area contributed by atoms with Crippen LogP contribution in [0.25, 0.3) is 10.9 Å². The SMILES string of the molecule is CCC(C)C(Nc1nc(CN(C)C)nc2ccccc12)C(=O)O. The minimum absolute atomic E-state index is 0.00136. The van der Waals surface area contributed by atoms with Gasteiger partial charge in [0.15, 0.2) is 0 Å². The lowest BCUT2D eigenvalue weighted by molar-refractivity contribution is -0.139. The molecule has 6 heteroatoms. The number of nitrogens with one attached hydrogen (secondary N) is 1. The number of para-hydroxylation sites is 1. The quantitative estimate of drug-likeness (QED) is 0.817. The van der Waals surface area contributed by atoms with Crippen molar-refractivity contribution in [2.45, 2.75) is 32.9 Å². The fraction of sp³-hybridized carbons (Fsp3) is 0.471. The average Bonchev–Trinajstić information content (AvgIpc) is 2.50. The van der Waals surface area contributed by atoms with E-state index in [-0.39, 0.29) is 5.92 Å². The van der Waals surface area contributed by atoms with Crippen LogP contribution >= 0.6 is 0 Å². The normalized spacial score (nSPS) is 14.0. The summed E-state index contributed by atoms with van der Waals surface area (Å²) in [5, 5.41) is 13.5. The summed E-state index contributed by atoms with van der Waals surface area (Å²) in [6.45, 7) is 4.51. The molecule has 0 aliphatic heterocycles. The van der Waals surface area contributed by atoms with Crippen molar-refractivity contribution in [3.8, 4) is 0 Å². The maximum Gasteiger partial charge on any atom is 0.326 e. The van der Waals surface area contributed by atoms with E-state index >= 15 is 0 Å². The van der Waals surface area contributed by atoms with E-state index in [0.717, 1.165) is 17.3 Å². The van der Waals surface area contributed by atoms with Gasteiger partial charge in [-0.3, -0.25) is 0 Å². The van der Waals surface area contributed by atoms with E-state index in [0.29, 0.717) is 18.2 Å². The topological polar surface area (TPSA) is 78.4 Å². The van der Waals surface area contributed by atoms with Crippen molar-refractivity contribution in [3.63, 3.8) is 0 Å². The van der Waals surface area contributed by atoms with Crippen LogP contribution in [0.5, 0.6) is 0 Å². The van der Waals surface area contributed by atoms with Crippen molar-refractivity contribution in [3.05, 3.63) is 30.1 Å². The maximum atomic E-state index is 11.6. The molecule has 0 bridgehead atoms. The zero-order chi connectivity index (χ0) is 17.0. The van der Waals surface area contributed by atoms with Crippen LogP contribution in [0.2, 0.25) is 0 Å². The predicted octanol–water partition coefficient (Wildman–Crippen LogP) is 2.60. The molecule has 2 rings (SSSR count). The van der Waals surface area contributed by atoms with Gasteiger partial charge in [-0.25, -0.2) is 14.8 Å². The Hall–Kier alpha value is -2.21. The maximum absolute atomic E-state index is 11.6. The van der Waals surface area contributed by atoms with Crippen molar-refractivity contribution in [1.29, 1.82) is 0 Å². The molecule has 0 aliphatic carbocycles. The van der Waals surface area contributed by atoms with Crippen LogP contribution in [0.15, 0.2) is 24.3 Å². The number of aromatic nitrogens is 2. The number of nitrogens with zero attached hydrogens (tertiary/aromatic N) is 3. The van der Waals surface area contributed by atoms with E-state index in [1.165, 1.54) is 0 Å². The highest BCUT2D eigenvalue weighted by molar-refractivity contribution is 5.91. The second kappa shape index (κ2) is 7.37. The smallest absolute Gasteiger partial charge is 0.326 e. The molecule has 2 atom stereocenters. The van der Waals surface area contributed by atoms with Crippen molar-refractivity contribution < 1.29 is 9.90 Å². The minimum atomic E-state index is -0.865. The molecular weight excluding hydrogens is 292 g/mol. The van der Waals surface area contributed by atoms with Crippen LogP contribution in [0.1, 0.15) is 26.1 Å². The summed E-state index contributed by atoms with van der Waals surface area (Å²) in [4.78, 5) is 22.7. The molecule has 0 aliphatic rings. The van der Waals surface area contributed by atoms with Gasteiger partial charge in [0, 0.05) is 5.39 Å². The van der Waals surface area contributed by atoms with E-state index < -0.39 is 12.0 Å². The van der Waals surface area contributed by atoms with Crippen LogP contribution < -0.4 is 5.32 Å². The summed E-state index contributed by atoms with van der Waals surface area (Å²) in [6, 6.07) is 6.97. The number of carbonyl (C=O) groups is 1. The lowest BCUT2D eigenvalue weighted by Crippen LogP contribution is -2.36. The molecule has 124 valence electrons. The molecular formula is C17H24N4O2. The Labute approximate surface area is 136 Å². The molecule has 23 heavy (non-hydrogen) atoms. The predicted molar refractivity (Wildman–Crippen MR) is 91.4 cm³/mol. The van der Waals surface area contributed by atoms with Crippen LogP contribution in [-0.2, 0) is 11.3 Å². The van der Waals surface area contributed by atoms with Gasteiger partial charge in [-0.15, -0.1) is 0 Å². The summed E-state index contributed by atoms with van der Waals surface area (Å²) in [5.74, 6) is 0.388. The summed E-state index contributed by atoms with van der Waals surface area (Å²) in [7, 11) is 3.90. The first-order valence-electron chi connectivity index (χ1n) is 7.82. The Morgan fingerprint density at radius 1 is 1.30 bits per heavy atom. The molecule has 0 fully saturated rings. The summed E-state index contributed by atoms with van der Waals surface area (Å²) in [5.41, 5.74) is 0.815. The Bertz CT molecular complexity index is 687. The molecule has 6 nitrogen and oxygen atoms in total. The van der Waals surface area contributed by atoms with Gasteiger partial charge < -0.3 is 15.3 Å². The number of anilines is 1. The Morgan fingerprint density at radius 2 is 2.00 bits per heavy atom. The molecule has 2 N–H and O–H groups in total. The van der Waals surface area contributed by atoms with E-state index in [2.05, 4.69) is 15.3 Å². The van der Waals surface area contributed by atoms with Gasteiger partial charge in [0.2, 0.25) is 0 Å². The number of benzene rings is 1. The number of rotatable bonds is 7. The number of carboxylic acid groups (broad SMARTS) is 1. The number of hydrogen-bond acceptors (Lipinski definition) is 5. The molecule has 1 aromatic carbocycles. The highest BCUT2D eigenvalue weighted by atomic mass is 16.4. The fourth-order valence-electron chi connectivity index (χ4n) is 2.42. The van der Waals surface area contributed by atoms with E-state index in [1.54, 1.807) is 0 Å². The highest BCUT2D eigenvalue weighted by Crippen LogP contribution is 2.23. The first-order chi connectivity index (χ1) is 10.9. The molecule has 2 unspecified atom stereocenters. The van der Waals surface area contributed by atoms with Crippen molar-refractivity contribution in [2.24, 2.45) is 5.92 Å². The second-order valence-electron chi connectivity index (χ2n) is 6.09. The van der Waals surface area contributed by atoms with Gasteiger partial charge in [0.25, 0.3) is 0 Å². The first kappa shape index (κ1) is 17.1. The van der Waals surface area contributed by atoms with E-state index in [1.807, 2.05) is 57.1 Å². The van der Waals surface area contributed by atoms with Gasteiger partial charge in [-0.2, -0.15) is 0 Å². The lowest BCUT2D eigenvalue weighted by Gasteiger charge is -2.22. The van der Waals surface area contributed by atoms with Crippen molar-refractivity contribution >= 4 is 22.7 Å². The monoisotopic (exact) mass is 316 g/mol. The van der Waals surface area contributed by atoms with E-state index in [4.69, 9.17) is 0 Å². The van der Waals surface area contributed by atoms with Gasteiger partial charge in [0.1, 0.15) is 17.7 Å². The fourth-order valence-corrected chi connectivity index (χ4v) is 2.42. The summed E-state index contributed by atoms with van der Waals surface area (Å²) >= 11 is 0. The van der Waals surface area contributed by atoms with Crippen molar-refractivity contribution in [2.75, 3.05) is 19.4 Å². The third-order valence-corrected chi connectivity index (χ3v) is 3.88. The lowest BCUT2D eigenvalue weighted by atomic mass is 9.99. The molecule has 1 heterocycles. The third kappa shape index (κ3) is 4.16. The van der Waals surface area contributed by atoms with Crippen LogP contribution in [0.3, 0.4) is 0 Å². The van der Waals surface area contributed by atoms with Crippen molar-refractivity contribution in [1.82, 2.24) is 14.9 Å². The minimum Gasteiger partial charge on any atom is -0.480 e. The Morgan fingerprint density at radius 3 is 2.61 bits per heavy atom. The van der Waals surface area contributed by atoms with Gasteiger partial charge in [0.05, 0.1) is 12.1 Å². The zero-order valence-electron chi connectivity index (χ0n) is 14.1. The molecule has 1 aromatic heterocycles. The summed E-state index contributed by atoms with van der Waals surface area (Å²) in [6.07, 6.45) is 0.775. The zero-order valence-corrected chi connectivity index (χ0v) is 14.1. The second-order valence-corrected chi connectivity index (χ2v) is 6.09. The van der Waals surface area contributed by atoms with Gasteiger partial charge in [-0.05, 0) is 32.1 Å². The molecule has 0 saturated heterocycles. The molecule has 0 amide bonds. The summed E-state index contributed by atoms with van der Waals surface area (Å²) < 4.78 is 0. The van der Waals surface area contributed by atoms with Crippen LogP contribution in [0, 0.1) is 5.92 Å². The molecule has 0 saturated carbocycles. The van der Waals surface area contributed by atoms with Crippen LogP contribution in [-0.4, -0.2) is 46.1 Å². The Balaban J connectivity index is 2.46. The number of fused-ring (bicyclic) bond motifs is 1. The first-order valence-corrected chi connectivity index (χ1v) is 7.82. The molecule has 0 spiro atoms. The molecule has 0 radical (unpaired) electrons.